The molecule has 0 saturated carbocycles. The van der Waals surface area contributed by atoms with Crippen LogP contribution in [0.3, 0.4) is 0 Å². The van der Waals surface area contributed by atoms with E-state index in [2.05, 4.69) is 20.9 Å². The lowest BCUT2D eigenvalue weighted by Crippen LogP contribution is -2.12. The first kappa shape index (κ1) is 21.4. The standard InChI is InChI=1S/C22H20BrN3O4S/c1-13(15-4-2-3-5-16(15)23)30-18-10-19(31-21(18)22(24)28)17-11-25-20-7-6-14(12-26(17)20)29-9-8-27/h2-7,10-13,27H,8-9H2,1H3,(H2,24,28). The molecule has 0 aliphatic carbocycles. The van der Waals surface area contributed by atoms with E-state index in [0.29, 0.717) is 16.4 Å². The molecule has 31 heavy (non-hydrogen) atoms. The number of rotatable bonds is 8. The smallest absolute Gasteiger partial charge is 0.262 e. The molecule has 3 heterocycles. The summed E-state index contributed by atoms with van der Waals surface area (Å²) in [6.45, 7) is 2.05. The van der Waals surface area contributed by atoms with Gasteiger partial charge in [-0.3, -0.25) is 9.20 Å². The molecule has 7 nitrogen and oxygen atoms in total. The molecular weight excluding hydrogens is 482 g/mol. The second kappa shape index (κ2) is 9.09. The Bertz CT molecular complexity index is 1240. The molecule has 0 saturated heterocycles. The van der Waals surface area contributed by atoms with E-state index in [0.717, 1.165) is 26.3 Å². The molecule has 4 aromatic rings. The third kappa shape index (κ3) is 4.43. The van der Waals surface area contributed by atoms with Crippen LogP contribution in [0, 0.1) is 0 Å². The second-order valence-corrected chi connectivity index (χ2v) is 8.66. The predicted molar refractivity (Wildman–Crippen MR) is 123 cm³/mol. The molecule has 1 amide bonds. The number of aliphatic hydroxyl groups excluding tert-OH is 1. The zero-order chi connectivity index (χ0) is 22.0. The van der Waals surface area contributed by atoms with Gasteiger partial charge in [0.25, 0.3) is 5.91 Å². The van der Waals surface area contributed by atoms with Gasteiger partial charge in [0.2, 0.25) is 0 Å². The first-order valence-electron chi connectivity index (χ1n) is 9.53. The first-order valence-corrected chi connectivity index (χ1v) is 11.1. The number of hydrogen-bond acceptors (Lipinski definition) is 6. The van der Waals surface area contributed by atoms with Crippen LogP contribution in [0.1, 0.15) is 28.3 Å². The first-order chi connectivity index (χ1) is 15.0. The number of primary amides is 1. The lowest BCUT2D eigenvalue weighted by Gasteiger charge is -2.16. The van der Waals surface area contributed by atoms with Crippen molar-refractivity contribution in [3.63, 3.8) is 0 Å². The number of amides is 1. The quantitative estimate of drug-likeness (QED) is 0.371. The average molecular weight is 502 g/mol. The molecule has 0 aliphatic heterocycles. The largest absolute Gasteiger partial charge is 0.490 e. The van der Waals surface area contributed by atoms with Gasteiger partial charge in [-0.15, -0.1) is 11.3 Å². The Hall–Kier alpha value is -2.88. The van der Waals surface area contributed by atoms with Crippen molar-refractivity contribution in [2.75, 3.05) is 13.2 Å². The van der Waals surface area contributed by atoms with Gasteiger partial charge in [-0.05, 0) is 25.1 Å². The Morgan fingerprint density at radius 3 is 2.87 bits per heavy atom. The van der Waals surface area contributed by atoms with Crippen molar-refractivity contribution in [2.45, 2.75) is 13.0 Å². The molecule has 9 heteroatoms. The monoisotopic (exact) mass is 501 g/mol. The van der Waals surface area contributed by atoms with E-state index in [4.69, 9.17) is 20.3 Å². The van der Waals surface area contributed by atoms with Crippen LogP contribution in [-0.2, 0) is 0 Å². The van der Waals surface area contributed by atoms with Gasteiger partial charge in [0.05, 0.1) is 29.6 Å². The zero-order valence-corrected chi connectivity index (χ0v) is 19.0. The van der Waals surface area contributed by atoms with Crippen LogP contribution >= 0.6 is 27.3 Å². The van der Waals surface area contributed by atoms with Gasteiger partial charge in [0.1, 0.15) is 34.7 Å². The highest BCUT2D eigenvalue weighted by Crippen LogP contribution is 2.39. The third-order valence-corrected chi connectivity index (χ3v) is 6.54. The predicted octanol–water partition coefficient (Wildman–Crippen LogP) is 4.44. The average Bonchev–Trinajstić information content (AvgIpc) is 3.36. The van der Waals surface area contributed by atoms with Crippen LogP contribution in [-0.4, -0.2) is 33.6 Å². The van der Waals surface area contributed by atoms with E-state index < -0.39 is 5.91 Å². The normalized spacial score (nSPS) is 12.1. The number of hydrogen-bond donors (Lipinski definition) is 2. The van der Waals surface area contributed by atoms with E-state index >= 15 is 0 Å². The number of carbonyl (C=O) groups excluding carboxylic acids is 1. The number of nitrogens with zero attached hydrogens (tertiary/aromatic N) is 2. The van der Waals surface area contributed by atoms with Crippen molar-refractivity contribution in [1.29, 1.82) is 0 Å². The lowest BCUT2D eigenvalue weighted by atomic mass is 10.1. The maximum absolute atomic E-state index is 12.1. The molecule has 4 rings (SSSR count). The molecule has 1 unspecified atom stereocenters. The summed E-state index contributed by atoms with van der Waals surface area (Å²) in [5.74, 6) is 0.483. The molecule has 3 aromatic heterocycles. The number of halogens is 1. The van der Waals surface area contributed by atoms with Gasteiger partial charge >= 0.3 is 0 Å². The summed E-state index contributed by atoms with van der Waals surface area (Å²) in [4.78, 5) is 17.7. The fraction of sp³-hybridized carbons (Fsp3) is 0.182. The molecule has 1 aromatic carbocycles. The molecule has 0 radical (unpaired) electrons. The molecule has 3 N–H and O–H groups in total. The van der Waals surface area contributed by atoms with Crippen molar-refractivity contribution in [3.8, 4) is 22.1 Å². The van der Waals surface area contributed by atoms with E-state index in [9.17, 15) is 4.79 Å². The fourth-order valence-corrected chi connectivity index (χ4v) is 4.77. The molecule has 0 aliphatic rings. The van der Waals surface area contributed by atoms with Gasteiger partial charge in [-0.25, -0.2) is 4.98 Å². The number of ether oxygens (including phenoxy) is 2. The number of benzene rings is 1. The minimum absolute atomic E-state index is 0.0713. The second-order valence-electron chi connectivity index (χ2n) is 6.76. The van der Waals surface area contributed by atoms with Gasteiger partial charge in [0, 0.05) is 16.1 Å². The number of aromatic nitrogens is 2. The molecule has 1 atom stereocenters. The van der Waals surface area contributed by atoms with E-state index in [1.54, 1.807) is 18.5 Å². The summed E-state index contributed by atoms with van der Waals surface area (Å²) < 4.78 is 14.4. The highest BCUT2D eigenvalue weighted by Gasteiger charge is 2.21. The van der Waals surface area contributed by atoms with Crippen LogP contribution in [0.15, 0.2) is 59.3 Å². The summed E-state index contributed by atoms with van der Waals surface area (Å²) in [5.41, 5.74) is 8.10. The van der Waals surface area contributed by atoms with Crippen LogP contribution < -0.4 is 15.2 Å². The minimum Gasteiger partial charge on any atom is -0.490 e. The van der Waals surface area contributed by atoms with Crippen LogP contribution in [0.5, 0.6) is 11.5 Å². The SMILES string of the molecule is CC(Oc1cc(-c2cnc3ccc(OCCO)cn23)sc1C(N)=O)c1ccccc1Br. The minimum atomic E-state index is -0.550. The number of thiophene rings is 1. The summed E-state index contributed by atoms with van der Waals surface area (Å²) in [7, 11) is 0. The number of carbonyl (C=O) groups is 1. The van der Waals surface area contributed by atoms with Gasteiger partial charge < -0.3 is 20.3 Å². The van der Waals surface area contributed by atoms with E-state index in [1.807, 2.05) is 47.7 Å². The van der Waals surface area contributed by atoms with Crippen molar-refractivity contribution in [1.82, 2.24) is 9.38 Å². The fourth-order valence-electron chi connectivity index (χ4n) is 3.21. The van der Waals surface area contributed by atoms with Gasteiger partial charge in [-0.2, -0.15) is 0 Å². The van der Waals surface area contributed by atoms with E-state index in [1.165, 1.54) is 11.3 Å². The number of imidazole rings is 1. The Morgan fingerprint density at radius 1 is 1.32 bits per heavy atom. The van der Waals surface area contributed by atoms with Crippen LogP contribution in [0.25, 0.3) is 16.2 Å². The Labute approximate surface area is 191 Å². The topological polar surface area (TPSA) is 99.1 Å². The third-order valence-electron chi connectivity index (χ3n) is 4.66. The van der Waals surface area contributed by atoms with Crippen LogP contribution in [0.2, 0.25) is 0 Å². The number of nitrogens with two attached hydrogens (primary N) is 1. The Kier molecular flexibility index (Phi) is 6.26. The van der Waals surface area contributed by atoms with Crippen molar-refractivity contribution < 1.29 is 19.4 Å². The van der Waals surface area contributed by atoms with Crippen molar-refractivity contribution in [2.24, 2.45) is 5.73 Å². The highest BCUT2D eigenvalue weighted by atomic mass is 79.9. The summed E-state index contributed by atoms with van der Waals surface area (Å²) in [6, 6.07) is 13.2. The molecule has 0 bridgehead atoms. The number of pyridine rings is 1. The summed E-state index contributed by atoms with van der Waals surface area (Å²) >= 11 is 4.79. The molecule has 160 valence electrons. The van der Waals surface area contributed by atoms with Crippen molar-refractivity contribution >= 4 is 38.8 Å². The maximum Gasteiger partial charge on any atom is 0.262 e. The molecule has 0 fully saturated rings. The number of fused-ring (bicyclic) bond motifs is 1. The van der Waals surface area contributed by atoms with Crippen molar-refractivity contribution in [3.05, 3.63) is 69.8 Å². The molecule has 0 spiro atoms. The zero-order valence-electron chi connectivity index (χ0n) is 16.6. The summed E-state index contributed by atoms with van der Waals surface area (Å²) in [5, 5.41) is 8.99. The Balaban J connectivity index is 1.70. The van der Waals surface area contributed by atoms with Gasteiger partial charge in [-0.1, -0.05) is 34.1 Å². The molecular formula is C22H20BrN3O4S. The number of aliphatic hydroxyl groups is 1. The van der Waals surface area contributed by atoms with E-state index in [-0.39, 0.29) is 19.3 Å². The maximum atomic E-state index is 12.1. The Morgan fingerprint density at radius 2 is 2.13 bits per heavy atom. The highest BCUT2D eigenvalue weighted by molar-refractivity contribution is 9.10. The van der Waals surface area contributed by atoms with Crippen LogP contribution in [0.4, 0.5) is 0 Å². The van der Waals surface area contributed by atoms with Gasteiger partial charge in [0.15, 0.2) is 0 Å². The lowest BCUT2D eigenvalue weighted by molar-refractivity contribution is 0.0998. The summed E-state index contributed by atoms with van der Waals surface area (Å²) in [6.07, 6.45) is 3.22.